The molecular formula is C12H10ClN3O4. The molecular weight excluding hydrogens is 286 g/mol. The maximum Gasteiger partial charge on any atom is 0.312 e. The molecule has 0 radical (unpaired) electrons. The standard InChI is InChI=1S/C12H10ClN3O4/c1-15(2)12(18)8(6-14)3-7-4-9(13)5-10(11(7)17)16(19)20/h3-5,17H,1-2H3/b8-3-. The van der Waals surface area contributed by atoms with Gasteiger partial charge >= 0.3 is 5.69 Å². The molecule has 1 N–H and O–H groups in total. The number of nitriles is 1. The van der Waals surface area contributed by atoms with Gasteiger partial charge in [-0.2, -0.15) is 5.26 Å². The summed E-state index contributed by atoms with van der Waals surface area (Å²) in [4.78, 5) is 22.8. The van der Waals surface area contributed by atoms with Gasteiger partial charge in [-0.15, -0.1) is 0 Å². The Labute approximate surface area is 119 Å². The number of carbonyl (C=O) groups excluding carboxylic acids is 1. The van der Waals surface area contributed by atoms with Gasteiger partial charge in [0.1, 0.15) is 11.6 Å². The molecule has 0 aliphatic heterocycles. The summed E-state index contributed by atoms with van der Waals surface area (Å²) in [5.41, 5.74) is -0.948. The van der Waals surface area contributed by atoms with E-state index < -0.39 is 22.3 Å². The van der Waals surface area contributed by atoms with Crippen molar-refractivity contribution in [3.8, 4) is 11.8 Å². The molecule has 0 aliphatic rings. The number of nitro benzene ring substituents is 1. The SMILES string of the molecule is CN(C)C(=O)/C(C#N)=C\c1cc(Cl)cc([N+](=O)[O-])c1O. The van der Waals surface area contributed by atoms with Crippen LogP contribution in [0, 0.1) is 21.4 Å². The molecule has 0 fully saturated rings. The van der Waals surface area contributed by atoms with Gasteiger partial charge < -0.3 is 10.0 Å². The van der Waals surface area contributed by atoms with Crippen molar-refractivity contribution in [1.29, 1.82) is 5.26 Å². The fraction of sp³-hybridized carbons (Fsp3) is 0.167. The number of nitro groups is 1. The maximum atomic E-state index is 11.7. The molecule has 0 atom stereocenters. The van der Waals surface area contributed by atoms with E-state index in [-0.39, 0.29) is 16.2 Å². The van der Waals surface area contributed by atoms with Crippen LogP contribution in [0.4, 0.5) is 5.69 Å². The van der Waals surface area contributed by atoms with Crippen molar-refractivity contribution in [1.82, 2.24) is 4.90 Å². The molecule has 8 heteroatoms. The number of halogens is 1. The lowest BCUT2D eigenvalue weighted by Gasteiger charge is -2.09. The summed E-state index contributed by atoms with van der Waals surface area (Å²) in [6.45, 7) is 0. The Kier molecular flexibility index (Phi) is 4.67. The summed E-state index contributed by atoms with van der Waals surface area (Å²) in [7, 11) is 2.90. The van der Waals surface area contributed by atoms with Gasteiger partial charge in [0.15, 0.2) is 0 Å². The predicted molar refractivity (Wildman–Crippen MR) is 72.1 cm³/mol. The second-order valence-electron chi connectivity index (χ2n) is 3.99. The topological polar surface area (TPSA) is 107 Å². The van der Waals surface area contributed by atoms with Gasteiger partial charge in [-0.3, -0.25) is 14.9 Å². The Morgan fingerprint density at radius 2 is 2.15 bits per heavy atom. The van der Waals surface area contributed by atoms with E-state index in [0.717, 1.165) is 12.1 Å². The number of nitrogens with zero attached hydrogens (tertiary/aromatic N) is 3. The van der Waals surface area contributed by atoms with E-state index in [9.17, 15) is 20.0 Å². The highest BCUT2D eigenvalue weighted by Gasteiger charge is 2.19. The summed E-state index contributed by atoms with van der Waals surface area (Å²) in [5.74, 6) is -1.24. The normalized spacial score (nSPS) is 10.8. The number of carbonyl (C=O) groups is 1. The van der Waals surface area contributed by atoms with Gasteiger partial charge in [-0.1, -0.05) is 11.6 Å². The van der Waals surface area contributed by atoms with Gasteiger partial charge in [-0.05, 0) is 12.1 Å². The number of phenolic OH excluding ortho intramolecular Hbond substituents is 1. The van der Waals surface area contributed by atoms with Gasteiger partial charge in [0.25, 0.3) is 5.91 Å². The van der Waals surface area contributed by atoms with Crippen LogP contribution in [0.2, 0.25) is 5.02 Å². The lowest BCUT2D eigenvalue weighted by Crippen LogP contribution is -2.22. The number of phenols is 1. The van der Waals surface area contributed by atoms with Crippen molar-refractivity contribution in [3.05, 3.63) is 38.4 Å². The fourth-order valence-electron chi connectivity index (χ4n) is 1.39. The summed E-state index contributed by atoms with van der Waals surface area (Å²) in [5, 5.41) is 29.5. The molecule has 0 saturated carbocycles. The number of aromatic hydroxyl groups is 1. The first-order valence-corrected chi connectivity index (χ1v) is 5.66. The minimum atomic E-state index is -0.807. The van der Waals surface area contributed by atoms with Crippen molar-refractivity contribution < 1.29 is 14.8 Å². The molecule has 0 saturated heterocycles. The monoisotopic (exact) mass is 295 g/mol. The summed E-state index contributed by atoms with van der Waals surface area (Å²) < 4.78 is 0. The molecule has 20 heavy (non-hydrogen) atoms. The quantitative estimate of drug-likeness (QED) is 0.397. The molecule has 0 unspecified atom stereocenters. The van der Waals surface area contributed by atoms with Crippen molar-refractivity contribution in [3.63, 3.8) is 0 Å². The van der Waals surface area contributed by atoms with Crippen LogP contribution in [0.1, 0.15) is 5.56 Å². The second-order valence-corrected chi connectivity index (χ2v) is 4.43. The Morgan fingerprint density at radius 1 is 1.55 bits per heavy atom. The van der Waals surface area contributed by atoms with E-state index in [1.165, 1.54) is 25.1 Å². The van der Waals surface area contributed by atoms with Crippen LogP contribution in [-0.4, -0.2) is 34.9 Å². The number of likely N-dealkylation sites (N-methyl/N-ethyl adjacent to an activating group) is 1. The van der Waals surface area contributed by atoms with Gasteiger partial charge in [0.05, 0.1) is 4.92 Å². The molecule has 0 bridgehead atoms. The van der Waals surface area contributed by atoms with Crippen molar-refractivity contribution in [2.75, 3.05) is 14.1 Å². The predicted octanol–water partition coefficient (Wildman–Crippen LogP) is 1.95. The minimum Gasteiger partial charge on any atom is -0.502 e. The Balaban J connectivity index is 3.44. The first kappa shape index (κ1) is 15.5. The highest BCUT2D eigenvalue weighted by atomic mass is 35.5. The lowest BCUT2D eigenvalue weighted by atomic mass is 10.1. The third kappa shape index (κ3) is 3.24. The average Bonchev–Trinajstić information content (AvgIpc) is 2.37. The molecule has 104 valence electrons. The van der Waals surface area contributed by atoms with Gasteiger partial charge in [0.2, 0.25) is 5.75 Å². The molecule has 1 amide bonds. The molecule has 0 aliphatic carbocycles. The zero-order valence-corrected chi connectivity index (χ0v) is 11.4. The molecule has 0 aromatic heterocycles. The number of amides is 1. The lowest BCUT2D eigenvalue weighted by molar-refractivity contribution is -0.385. The van der Waals surface area contributed by atoms with E-state index in [1.807, 2.05) is 0 Å². The average molecular weight is 296 g/mol. The molecule has 1 rings (SSSR count). The van der Waals surface area contributed by atoms with Crippen LogP contribution in [0.15, 0.2) is 17.7 Å². The molecule has 1 aromatic rings. The Bertz CT molecular complexity index is 647. The van der Waals surface area contributed by atoms with E-state index >= 15 is 0 Å². The van der Waals surface area contributed by atoms with E-state index in [2.05, 4.69) is 0 Å². The van der Waals surface area contributed by atoms with Crippen LogP contribution >= 0.6 is 11.6 Å². The highest BCUT2D eigenvalue weighted by molar-refractivity contribution is 6.31. The molecule has 0 heterocycles. The smallest absolute Gasteiger partial charge is 0.312 e. The van der Waals surface area contributed by atoms with Crippen LogP contribution < -0.4 is 0 Å². The fourth-order valence-corrected chi connectivity index (χ4v) is 1.61. The van der Waals surface area contributed by atoms with Crippen LogP contribution in [0.25, 0.3) is 6.08 Å². The molecule has 1 aromatic carbocycles. The van der Waals surface area contributed by atoms with E-state index in [1.54, 1.807) is 6.07 Å². The first-order valence-electron chi connectivity index (χ1n) is 5.28. The van der Waals surface area contributed by atoms with E-state index in [0.29, 0.717) is 0 Å². The maximum absolute atomic E-state index is 11.7. The number of benzene rings is 1. The van der Waals surface area contributed by atoms with Gasteiger partial charge in [-0.25, -0.2) is 0 Å². The van der Waals surface area contributed by atoms with Crippen LogP contribution in [-0.2, 0) is 4.79 Å². The number of rotatable bonds is 3. The second kappa shape index (κ2) is 6.04. The minimum absolute atomic E-state index is 0.00958. The third-order valence-electron chi connectivity index (χ3n) is 2.34. The molecule has 0 spiro atoms. The number of hydrogen-bond acceptors (Lipinski definition) is 5. The summed E-state index contributed by atoms with van der Waals surface area (Å²) in [6.07, 6.45) is 1.05. The van der Waals surface area contributed by atoms with Crippen molar-refractivity contribution in [2.45, 2.75) is 0 Å². The third-order valence-corrected chi connectivity index (χ3v) is 2.56. The Morgan fingerprint density at radius 3 is 2.60 bits per heavy atom. The zero-order valence-electron chi connectivity index (χ0n) is 10.6. The highest BCUT2D eigenvalue weighted by Crippen LogP contribution is 2.34. The molecule has 7 nitrogen and oxygen atoms in total. The summed E-state index contributed by atoms with van der Waals surface area (Å²) >= 11 is 5.71. The van der Waals surface area contributed by atoms with Crippen molar-refractivity contribution in [2.24, 2.45) is 0 Å². The van der Waals surface area contributed by atoms with Crippen LogP contribution in [0.5, 0.6) is 5.75 Å². The van der Waals surface area contributed by atoms with Crippen molar-refractivity contribution >= 4 is 29.3 Å². The van der Waals surface area contributed by atoms with E-state index in [4.69, 9.17) is 16.9 Å². The first-order chi connectivity index (χ1) is 9.27. The van der Waals surface area contributed by atoms with Crippen LogP contribution in [0.3, 0.4) is 0 Å². The largest absolute Gasteiger partial charge is 0.502 e. The summed E-state index contributed by atoms with van der Waals surface area (Å²) in [6, 6.07) is 3.88. The Hall–Kier alpha value is -2.59. The zero-order chi connectivity index (χ0) is 15.4. The van der Waals surface area contributed by atoms with Gasteiger partial charge in [0, 0.05) is 30.7 Å². The number of hydrogen-bond donors (Lipinski definition) is 1.